The van der Waals surface area contributed by atoms with Crippen molar-refractivity contribution < 1.29 is 9.59 Å². The Morgan fingerprint density at radius 3 is 2.48 bits per heavy atom. The van der Waals surface area contributed by atoms with E-state index in [0.717, 1.165) is 0 Å². The lowest BCUT2D eigenvalue weighted by molar-refractivity contribution is -0.114. The first-order chi connectivity index (χ1) is 9.95. The van der Waals surface area contributed by atoms with Crippen LogP contribution in [0.2, 0.25) is 5.02 Å². The molecule has 0 bridgehead atoms. The van der Waals surface area contributed by atoms with Crippen molar-refractivity contribution in [1.82, 2.24) is 4.98 Å². The number of anilines is 2. The lowest BCUT2D eigenvalue weighted by Crippen LogP contribution is -2.22. The molecule has 21 heavy (non-hydrogen) atoms. The average molecular weight is 306 g/mol. The first-order valence-electron chi connectivity index (χ1n) is 6.03. The molecule has 0 aliphatic heterocycles. The molecule has 0 aliphatic rings. The molecule has 0 atom stereocenters. The zero-order chi connectivity index (χ0) is 15.4. The number of aromatic amines is 1. The highest BCUT2D eigenvalue weighted by atomic mass is 35.5. The SMILES string of the molecule is CC(=O)Nc1cccc(NC(=O)c2cc(Cl)c[nH]c2=O)c1. The Labute approximate surface area is 125 Å². The molecule has 1 aromatic heterocycles. The lowest BCUT2D eigenvalue weighted by Gasteiger charge is -2.07. The van der Waals surface area contributed by atoms with Gasteiger partial charge in [-0.3, -0.25) is 14.4 Å². The van der Waals surface area contributed by atoms with Crippen molar-refractivity contribution in [3.05, 3.63) is 57.5 Å². The van der Waals surface area contributed by atoms with Crippen LogP contribution in [0.25, 0.3) is 0 Å². The fourth-order valence-corrected chi connectivity index (χ4v) is 1.87. The van der Waals surface area contributed by atoms with Crippen LogP contribution in [0.3, 0.4) is 0 Å². The summed E-state index contributed by atoms with van der Waals surface area (Å²) in [5.41, 5.74) is 0.369. The molecule has 3 N–H and O–H groups in total. The molecule has 108 valence electrons. The Morgan fingerprint density at radius 1 is 1.14 bits per heavy atom. The van der Waals surface area contributed by atoms with Crippen LogP contribution in [0.5, 0.6) is 0 Å². The fourth-order valence-electron chi connectivity index (χ4n) is 1.70. The van der Waals surface area contributed by atoms with E-state index >= 15 is 0 Å². The molecule has 6 nitrogen and oxygen atoms in total. The summed E-state index contributed by atoms with van der Waals surface area (Å²) >= 11 is 5.75. The maximum Gasteiger partial charge on any atom is 0.261 e. The molecule has 1 heterocycles. The van der Waals surface area contributed by atoms with Crippen molar-refractivity contribution in [3.63, 3.8) is 0 Å². The van der Waals surface area contributed by atoms with Gasteiger partial charge in [-0.1, -0.05) is 17.7 Å². The third kappa shape index (κ3) is 3.93. The summed E-state index contributed by atoms with van der Waals surface area (Å²) in [5, 5.41) is 5.43. The molecular formula is C14H12ClN3O3. The second-order valence-electron chi connectivity index (χ2n) is 4.28. The monoisotopic (exact) mass is 305 g/mol. The Morgan fingerprint density at radius 2 is 1.81 bits per heavy atom. The minimum atomic E-state index is -0.585. The quantitative estimate of drug-likeness (QED) is 0.812. The predicted octanol–water partition coefficient (Wildman–Crippen LogP) is 2.24. The van der Waals surface area contributed by atoms with E-state index in [1.807, 2.05) is 0 Å². The van der Waals surface area contributed by atoms with Crippen molar-refractivity contribution >= 4 is 34.8 Å². The van der Waals surface area contributed by atoms with Crippen LogP contribution in [0.1, 0.15) is 17.3 Å². The highest BCUT2D eigenvalue weighted by Gasteiger charge is 2.11. The van der Waals surface area contributed by atoms with Gasteiger partial charge in [-0.25, -0.2) is 0 Å². The first kappa shape index (κ1) is 14.8. The lowest BCUT2D eigenvalue weighted by atomic mass is 10.2. The number of hydrogen-bond donors (Lipinski definition) is 3. The van der Waals surface area contributed by atoms with Gasteiger partial charge in [-0.15, -0.1) is 0 Å². The Bertz CT molecular complexity index is 755. The van der Waals surface area contributed by atoms with Crippen molar-refractivity contribution in [1.29, 1.82) is 0 Å². The van der Waals surface area contributed by atoms with E-state index < -0.39 is 11.5 Å². The standard InChI is InChI=1S/C14H12ClN3O3/c1-8(19)17-10-3-2-4-11(6-10)18-14(21)12-5-9(15)7-16-13(12)20/h2-7H,1H3,(H,16,20)(H,17,19)(H,18,21). The highest BCUT2D eigenvalue weighted by Crippen LogP contribution is 2.16. The number of nitrogens with one attached hydrogen (secondary N) is 3. The molecule has 0 spiro atoms. The topological polar surface area (TPSA) is 91.1 Å². The van der Waals surface area contributed by atoms with Crippen LogP contribution in [-0.4, -0.2) is 16.8 Å². The molecule has 0 fully saturated rings. The van der Waals surface area contributed by atoms with Gasteiger partial charge in [0.25, 0.3) is 11.5 Å². The molecule has 0 saturated heterocycles. The molecule has 1 aromatic carbocycles. The molecule has 0 radical (unpaired) electrons. The van der Waals surface area contributed by atoms with Crippen LogP contribution in [-0.2, 0) is 4.79 Å². The summed E-state index contributed by atoms with van der Waals surface area (Å²) in [6.07, 6.45) is 1.30. The van der Waals surface area contributed by atoms with Gasteiger partial charge in [-0.2, -0.15) is 0 Å². The minimum Gasteiger partial charge on any atom is -0.327 e. The number of rotatable bonds is 3. The fraction of sp³-hybridized carbons (Fsp3) is 0.0714. The van der Waals surface area contributed by atoms with Crippen LogP contribution in [0.15, 0.2) is 41.3 Å². The number of aromatic nitrogens is 1. The van der Waals surface area contributed by atoms with Crippen molar-refractivity contribution in [3.8, 4) is 0 Å². The minimum absolute atomic E-state index is 0.0903. The molecular weight excluding hydrogens is 294 g/mol. The molecule has 2 amide bonds. The van der Waals surface area contributed by atoms with E-state index in [9.17, 15) is 14.4 Å². The van der Waals surface area contributed by atoms with Gasteiger partial charge in [0.1, 0.15) is 5.56 Å². The zero-order valence-electron chi connectivity index (χ0n) is 11.1. The largest absolute Gasteiger partial charge is 0.327 e. The zero-order valence-corrected chi connectivity index (χ0v) is 11.8. The third-order valence-corrected chi connectivity index (χ3v) is 2.77. The number of carbonyl (C=O) groups excluding carboxylic acids is 2. The van der Waals surface area contributed by atoms with Gasteiger partial charge < -0.3 is 15.6 Å². The number of halogens is 1. The summed E-state index contributed by atoms with van der Waals surface area (Å²) in [4.78, 5) is 37.0. The van der Waals surface area contributed by atoms with E-state index in [2.05, 4.69) is 15.6 Å². The van der Waals surface area contributed by atoms with Gasteiger partial charge in [0, 0.05) is 24.5 Å². The van der Waals surface area contributed by atoms with Crippen LogP contribution in [0.4, 0.5) is 11.4 Å². The second kappa shape index (κ2) is 6.23. The molecule has 2 rings (SSSR count). The summed E-state index contributed by atoms with van der Waals surface area (Å²) < 4.78 is 0. The van der Waals surface area contributed by atoms with E-state index in [1.165, 1.54) is 19.2 Å². The number of pyridine rings is 1. The summed E-state index contributed by atoms with van der Waals surface area (Å²) in [6, 6.07) is 7.86. The van der Waals surface area contributed by atoms with Crippen molar-refractivity contribution in [2.75, 3.05) is 10.6 Å². The van der Waals surface area contributed by atoms with Crippen LogP contribution >= 0.6 is 11.6 Å². The second-order valence-corrected chi connectivity index (χ2v) is 4.71. The normalized spacial score (nSPS) is 10.0. The summed E-state index contributed by atoms with van der Waals surface area (Å²) in [7, 11) is 0. The molecule has 0 saturated carbocycles. The molecule has 0 unspecified atom stereocenters. The number of amides is 2. The van der Waals surface area contributed by atoms with Crippen LogP contribution in [0, 0.1) is 0 Å². The van der Waals surface area contributed by atoms with E-state index in [4.69, 9.17) is 11.6 Å². The Balaban J connectivity index is 2.21. The Hall–Kier alpha value is -2.60. The van der Waals surface area contributed by atoms with E-state index in [0.29, 0.717) is 11.4 Å². The van der Waals surface area contributed by atoms with E-state index in [-0.39, 0.29) is 16.5 Å². The summed E-state index contributed by atoms with van der Waals surface area (Å²) in [6.45, 7) is 1.39. The first-order valence-corrected chi connectivity index (χ1v) is 6.41. The maximum atomic E-state index is 12.0. The molecule has 7 heteroatoms. The average Bonchev–Trinajstić information content (AvgIpc) is 2.41. The van der Waals surface area contributed by atoms with Crippen LogP contribution < -0.4 is 16.2 Å². The van der Waals surface area contributed by atoms with Gasteiger partial charge >= 0.3 is 0 Å². The maximum absolute atomic E-state index is 12.0. The van der Waals surface area contributed by atoms with Gasteiger partial charge in [0.2, 0.25) is 5.91 Å². The predicted molar refractivity (Wildman–Crippen MR) is 80.8 cm³/mol. The molecule has 0 aliphatic carbocycles. The van der Waals surface area contributed by atoms with Crippen molar-refractivity contribution in [2.45, 2.75) is 6.92 Å². The van der Waals surface area contributed by atoms with Gasteiger partial charge in [-0.05, 0) is 24.3 Å². The Kier molecular flexibility index (Phi) is 4.39. The smallest absolute Gasteiger partial charge is 0.261 e. The highest BCUT2D eigenvalue weighted by molar-refractivity contribution is 6.30. The molecule has 2 aromatic rings. The van der Waals surface area contributed by atoms with Gasteiger partial charge in [0.15, 0.2) is 0 Å². The third-order valence-electron chi connectivity index (χ3n) is 2.55. The number of carbonyl (C=O) groups is 2. The summed E-state index contributed by atoms with van der Waals surface area (Å²) in [5.74, 6) is -0.802. The number of H-pyrrole nitrogens is 1. The van der Waals surface area contributed by atoms with Gasteiger partial charge in [0.05, 0.1) is 5.02 Å². The number of hydrogen-bond acceptors (Lipinski definition) is 3. The number of benzene rings is 1. The van der Waals surface area contributed by atoms with Crippen molar-refractivity contribution in [2.24, 2.45) is 0 Å². The van der Waals surface area contributed by atoms with E-state index in [1.54, 1.807) is 24.3 Å².